The van der Waals surface area contributed by atoms with Crippen LogP contribution in [0.25, 0.3) is 0 Å². The molecule has 0 atom stereocenters. The lowest BCUT2D eigenvalue weighted by Gasteiger charge is -2.18. The number of carbonyl (C=O) groups excluding carboxylic acids is 1. The molecule has 0 aromatic heterocycles. The lowest BCUT2D eigenvalue weighted by molar-refractivity contribution is 0.0926. The van der Waals surface area contributed by atoms with Gasteiger partial charge < -0.3 is 15.8 Å². The van der Waals surface area contributed by atoms with Gasteiger partial charge in [-0.05, 0) is 62.6 Å². The van der Waals surface area contributed by atoms with Crippen molar-refractivity contribution in [2.75, 3.05) is 12.3 Å². The fraction of sp³-hybridized carbons (Fsp3) is 0.562. The maximum Gasteiger partial charge on any atom is 0.251 e. The number of carbonyl (C=O) groups is 1. The van der Waals surface area contributed by atoms with Gasteiger partial charge in [-0.15, -0.1) is 0 Å². The molecule has 2 aliphatic rings. The first-order valence-corrected chi connectivity index (χ1v) is 7.52. The third-order valence-corrected chi connectivity index (χ3v) is 4.13. The maximum atomic E-state index is 12.3. The highest BCUT2D eigenvalue weighted by molar-refractivity contribution is 5.95. The molecule has 2 fully saturated rings. The molecule has 0 bridgehead atoms. The predicted octanol–water partition coefficient (Wildman–Crippen LogP) is 2.59. The van der Waals surface area contributed by atoms with Crippen molar-refractivity contribution in [1.82, 2.24) is 5.32 Å². The van der Waals surface area contributed by atoms with Crippen molar-refractivity contribution in [2.45, 2.75) is 38.6 Å². The van der Waals surface area contributed by atoms with Crippen molar-refractivity contribution >= 4 is 11.6 Å². The third-order valence-electron chi connectivity index (χ3n) is 4.13. The van der Waals surface area contributed by atoms with Crippen LogP contribution in [-0.4, -0.2) is 18.6 Å². The second-order valence-electron chi connectivity index (χ2n) is 5.86. The molecule has 20 heavy (non-hydrogen) atoms. The molecule has 0 aliphatic heterocycles. The summed E-state index contributed by atoms with van der Waals surface area (Å²) in [5.74, 6) is 2.03. The zero-order valence-corrected chi connectivity index (χ0v) is 11.9. The Labute approximate surface area is 119 Å². The second kappa shape index (κ2) is 5.35. The minimum Gasteiger partial charge on any atom is -0.492 e. The van der Waals surface area contributed by atoms with Crippen LogP contribution >= 0.6 is 0 Å². The molecule has 0 spiro atoms. The quantitative estimate of drug-likeness (QED) is 0.784. The highest BCUT2D eigenvalue weighted by atomic mass is 16.5. The summed E-state index contributed by atoms with van der Waals surface area (Å²) in [6, 6.07) is 5.64. The van der Waals surface area contributed by atoms with Gasteiger partial charge in [0.1, 0.15) is 5.75 Å². The molecule has 2 saturated carbocycles. The number of hydrogen-bond donors (Lipinski definition) is 2. The number of amides is 1. The van der Waals surface area contributed by atoms with E-state index in [1.54, 1.807) is 18.2 Å². The Kier molecular flexibility index (Phi) is 3.55. The number of anilines is 1. The van der Waals surface area contributed by atoms with Crippen molar-refractivity contribution < 1.29 is 9.53 Å². The summed E-state index contributed by atoms with van der Waals surface area (Å²) in [6.45, 7) is 2.48. The first kappa shape index (κ1) is 13.3. The SMILES string of the molecule is CCOc1ccc(C(=O)NC(C2CC2)C2CC2)cc1N. The minimum atomic E-state index is -0.0106. The molecule has 3 N–H and O–H groups in total. The van der Waals surface area contributed by atoms with Crippen LogP contribution in [0.3, 0.4) is 0 Å². The molecule has 2 aliphatic carbocycles. The summed E-state index contributed by atoms with van der Waals surface area (Å²) in [4.78, 5) is 12.3. The number of nitrogens with two attached hydrogens (primary N) is 1. The third kappa shape index (κ3) is 2.89. The van der Waals surface area contributed by atoms with E-state index in [9.17, 15) is 4.79 Å². The van der Waals surface area contributed by atoms with Crippen molar-refractivity contribution in [3.63, 3.8) is 0 Å². The average molecular weight is 274 g/mol. The van der Waals surface area contributed by atoms with E-state index < -0.39 is 0 Å². The summed E-state index contributed by atoms with van der Waals surface area (Å²) < 4.78 is 5.39. The Morgan fingerprint density at radius 2 is 2.00 bits per heavy atom. The predicted molar refractivity (Wildman–Crippen MR) is 78.7 cm³/mol. The molecule has 4 nitrogen and oxygen atoms in total. The molecule has 1 aromatic rings. The Hall–Kier alpha value is -1.71. The average Bonchev–Trinajstić information content (AvgIpc) is 3.29. The zero-order valence-electron chi connectivity index (χ0n) is 11.9. The van der Waals surface area contributed by atoms with Gasteiger partial charge in [0.15, 0.2) is 0 Å². The number of hydrogen-bond acceptors (Lipinski definition) is 3. The van der Waals surface area contributed by atoms with E-state index in [0.717, 1.165) is 0 Å². The van der Waals surface area contributed by atoms with Crippen LogP contribution in [0.5, 0.6) is 5.75 Å². The fourth-order valence-corrected chi connectivity index (χ4v) is 2.74. The largest absolute Gasteiger partial charge is 0.492 e. The van der Waals surface area contributed by atoms with Crippen molar-refractivity contribution in [2.24, 2.45) is 11.8 Å². The number of nitrogens with one attached hydrogen (secondary N) is 1. The van der Waals surface area contributed by atoms with Gasteiger partial charge in [-0.2, -0.15) is 0 Å². The van der Waals surface area contributed by atoms with Gasteiger partial charge in [0.05, 0.1) is 12.3 Å². The molecular weight excluding hydrogens is 252 g/mol. The molecular formula is C16H22N2O2. The van der Waals surface area contributed by atoms with E-state index >= 15 is 0 Å². The number of nitrogen functional groups attached to an aromatic ring is 1. The summed E-state index contributed by atoms with van der Waals surface area (Å²) in [6.07, 6.45) is 5.03. The van der Waals surface area contributed by atoms with E-state index in [2.05, 4.69) is 5.32 Å². The van der Waals surface area contributed by atoms with Crippen LogP contribution in [0, 0.1) is 11.8 Å². The van der Waals surface area contributed by atoms with Gasteiger partial charge in [-0.1, -0.05) is 0 Å². The number of benzene rings is 1. The summed E-state index contributed by atoms with van der Waals surface area (Å²) in [7, 11) is 0. The normalized spacial score (nSPS) is 18.1. The summed E-state index contributed by atoms with van der Waals surface area (Å²) in [5, 5.41) is 3.20. The Morgan fingerprint density at radius 3 is 2.50 bits per heavy atom. The van der Waals surface area contributed by atoms with Crippen LogP contribution in [0.15, 0.2) is 18.2 Å². The first-order chi connectivity index (χ1) is 9.69. The Morgan fingerprint density at radius 1 is 1.35 bits per heavy atom. The van der Waals surface area contributed by atoms with Crippen molar-refractivity contribution in [1.29, 1.82) is 0 Å². The van der Waals surface area contributed by atoms with Gasteiger partial charge in [0.25, 0.3) is 5.91 Å². The summed E-state index contributed by atoms with van der Waals surface area (Å²) in [5.41, 5.74) is 7.06. The van der Waals surface area contributed by atoms with E-state index in [1.165, 1.54) is 25.7 Å². The first-order valence-electron chi connectivity index (χ1n) is 7.52. The van der Waals surface area contributed by atoms with E-state index in [1.807, 2.05) is 6.92 Å². The van der Waals surface area contributed by atoms with Crippen molar-refractivity contribution in [3.05, 3.63) is 23.8 Å². The lowest BCUT2D eigenvalue weighted by Crippen LogP contribution is -2.38. The van der Waals surface area contributed by atoms with Gasteiger partial charge in [-0.3, -0.25) is 4.79 Å². The zero-order chi connectivity index (χ0) is 14.1. The molecule has 3 rings (SSSR count). The lowest BCUT2D eigenvalue weighted by atomic mass is 10.1. The molecule has 1 amide bonds. The Bertz CT molecular complexity index is 495. The van der Waals surface area contributed by atoms with Gasteiger partial charge in [0, 0.05) is 11.6 Å². The van der Waals surface area contributed by atoms with Crippen molar-refractivity contribution in [3.8, 4) is 5.75 Å². The fourth-order valence-electron chi connectivity index (χ4n) is 2.74. The van der Waals surface area contributed by atoms with Crippen LogP contribution in [0.2, 0.25) is 0 Å². The van der Waals surface area contributed by atoms with E-state index in [4.69, 9.17) is 10.5 Å². The molecule has 0 heterocycles. The van der Waals surface area contributed by atoms with Crippen LogP contribution < -0.4 is 15.8 Å². The molecule has 0 radical (unpaired) electrons. The number of rotatable bonds is 6. The maximum absolute atomic E-state index is 12.3. The van der Waals surface area contributed by atoms with Crippen LogP contribution in [0.1, 0.15) is 43.0 Å². The van der Waals surface area contributed by atoms with E-state index in [-0.39, 0.29) is 5.91 Å². The summed E-state index contributed by atoms with van der Waals surface area (Å²) >= 11 is 0. The molecule has 4 heteroatoms. The van der Waals surface area contributed by atoms with Gasteiger partial charge in [-0.25, -0.2) is 0 Å². The molecule has 0 unspecified atom stereocenters. The minimum absolute atomic E-state index is 0.0106. The standard InChI is InChI=1S/C16H22N2O2/c1-2-20-14-8-7-12(9-13(14)17)16(19)18-15(10-3-4-10)11-5-6-11/h7-11,15H,2-6,17H2,1H3,(H,18,19). The van der Waals surface area contributed by atoms with Crippen LogP contribution in [0.4, 0.5) is 5.69 Å². The van der Waals surface area contributed by atoms with Gasteiger partial charge in [0.2, 0.25) is 0 Å². The smallest absolute Gasteiger partial charge is 0.251 e. The monoisotopic (exact) mass is 274 g/mol. The highest BCUT2D eigenvalue weighted by Crippen LogP contribution is 2.44. The molecule has 108 valence electrons. The molecule has 1 aromatic carbocycles. The Balaban J connectivity index is 1.68. The topological polar surface area (TPSA) is 64.3 Å². The second-order valence-corrected chi connectivity index (χ2v) is 5.86. The van der Waals surface area contributed by atoms with E-state index in [0.29, 0.717) is 41.5 Å². The van der Waals surface area contributed by atoms with Crippen LogP contribution in [-0.2, 0) is 0 Å². The molecule has 0 saturated heterocycles. The number of ether oxygens (including phenoxy) is 1. The highest BCUT2D eigenvalue weighted by Gasteiger charge is 2.42. The van der Waals surface area contributed by atoms with Gasteiger partial charge >= 0.3 is 0 Å².